The number of hydrogen-bond donors (Lipinski definition) is 2. The van der Waals surface area contributed by atoms with Crippen molar-refractivity contribution < 1.29 is 31.9 Å². The highest BCUT2D eigenvalue weighted by Gasteiger charge is 2.43. The number of hydrogen-bond acceptors (Lipinski definition) is 4. The molecule has 6 nitrogen and oxygen atoms in total. The molecule has 2 atom stereocenters. The van der Waals surface area contributed by atoms with Gasteiger partial charge in [-0.1, -0.05) is 12.1 Å². The Morgan fingerprint density at radius 2 is 2.09 bits per heavy atom. The van der Waals surface area contributed by atoms with Crippen molar-refractivity contribution in [2.45, 2.75) is 49.9 Å². The average Bonchev–Trinajstić information content (AvgIpc) is 3.12. The van der Waals surface area contributed by atoms with Crippen LogP contribution in [0.4, 0.5) is 17.6 Å². The highest BCUT2D eigenvalue weighted by atomic mass is 19.4. The van der Waals surface area contributed by atoms with Crippen molar-refractivity contribution in [3.63, 3.8) is 0 Å². The molecule has 172 valence electrons. The van der Waals surface area contributed by atoms with Gasteiger partial charge >= 0.3 is 6.18 Å². The quantitative estimate of drug-likeness (QED) is 0.599. The number of methoxy groups -OCH3 is 1. The molecule has 10 heteroatoms. The van der Waals surface area contributed by atoms with E-state index < -0.39 is 29.5 Å². The van der Waals surface area contributed by atoms with Gasteiger partial charge in [-0.05, 0) is 43.0 Å². The molecule has 3 rings (SSSR count). The molecule has 0 spiro atoms. The summed E-state index contributed by atoms with van der Waals surface area (Å²) in [5, 5.41) is 4.78. The Morgan fingerprint density at radius 1 is 1.31 bits per heavy atom. The zero-order chi connectivity index (χ0) is 23.4. The van der Waals surface area contributed by atoms with Gasteiger partial charge in [0.2, 0.25) is 11.8 Å². The van der Waals surface area contributed by atoms with Crippen LogP contribution in [0.3, 0.4) is 0 Å². The van der Waals surface area contributed by atoms with Crippen molar-refractivity contribution in [1.29, 1.82) is 0 Å². The Hall–Kier alpha value is -3.17. The number of halogens is 4. The molecule has 1 saturated heterocycles. The number of benzene rings is 1. The van der Waals surface area contributed by atoms with Crippen LogP contribution in [0.15, 0.2) is 42.6 Å². The van der Waals surface area contributed by atoms with E-state index in [4.69, 9.17) is 4.74 Å². The predicted molar refractivity (Wildman–Crippen MR) is 107 cm³/mol. The van der Waals surface area contributed by atoms with E-state index in [1.807, 2.05) is 5.32 Å². The summed E-state index contributed by atoms with van der Waals surface area (Å²) in [5.74, 6) is -1.28. The molecule has 0 bridgehead atoms. The second-order valence-electron chi connectivity index (χ2n) is 7.76. The van der Waals surface area contributed by atoms with Crippen LogP contribution < -0.4 is 15.4 Å². The average molecular weight is 453 g/mol. The molecule has 1 aliphatic heterocycles. The number of carbonyl (C=O) groups is 2. The lowest BCUT2D eigenvalue weighted by molar-refractivity contribution is -0.164. The van der Waals surface area contributed by atoms with E-state index in [2.05, 4.69) is 10.3 Å². The molecule has 1 fully saturated rings. The van der Waals surface area contributed by atoms with Gasteiger partial charge in [0.1, 0.15) is 11.6 Å². The minimum absolute atomic E-state index is 0.0584. The van der Waals surface area contributed by atoms with Crippen LogP contribution in [0, 0.1) is 5.82 Å². The largest absolute Gasteiger partial charge is 0.497 e. The van der Waals surface area contributed by atoms with Gasteiger partial charge in [-0.3, -0.25) is 14.6 Å². The number of ether oxygens (including phenoxy) is 1. The minimum Gasteiger partial charge on any atom is -0.497 e. The number of carbonyl (C=O) groups excluding carboxylic acids is 2. The van der Waals surface area contributed by atoms with Gasteiger partial charge in [-0.2, -0.15) is 13.2 Å². The van der Waals surface area contributed by atoms with Gasteiger partial charge in [-0.25, -0.2) is 4.39 Å². The molecule has 2 amide bonds. The van der Waals surface area contributed by atoms with Gasteiger partial charge < -0.3 is 15.4 Å². The van der Waals surface area contributed by atoms with E-state index in [0.717, 1.165) is 0 Å². The van der Waals surface area contributed by atoms with Gasteiger partial charge in [0, 0.05) is 30.6 Å². The standard InChI is InChI=1S/C22H23F4N3O3/c1-32-15-6-5-14(16(23)12-15)13-21(10-8-19(31)29-21)9-7-18(30)28-20(22(24,25)26)17-4-2-3-11-27-17/h2-6,11-12,20H,7-10,13H2,1H3,(H,28,30)(H,29,31)/t20-,21-/m1/s1. The van der Waals surface area contributed by atoms with Crippen molar-refractivity contribution in [1.82, 2.24) is 15.6 Å². The molecule has 1 aromatic carbocycles. The summed E-state index contributed by atoms with van der Waals surface area (Å²) in [5.41, 5.74) is -0.935. The van der Waals surface area contributed by atoms with Crippen molar-refractivity contribution in [2.75, 3.05) is 7.11 Å². The lowest BCUT2D eigenvalue weighted by Crippen LogP contribution is -2.45. The number of nitrogens with one attached hydrogen (secondary N) is 2. The van der Waals surface area contributed by atoms with E-state index in [1.165, 1.54) is 43.6 Å². The molecule has 0 saturated carbocycles. The second-order valence-corrected chi connectivity index (χ2v) is 7.76. The highest BCUT2D eigenvalue weighted by Crippen LogP contribution is 2.33. The van der Waals surface area contributed by atoms with E-state index in [1.54, 1.807) is 6.07 Å². The number of rotatable bonds is 8. The number of pyridine rings is 1. The summed E-state index contributed by atoms with van der Waals surface area (Å²) in [7, 11) is 1.41. The first kappa shape index (κ1) is 23.5. The maximum absolute atomic E-state index is 14.4. The third-order valence-corrected chi connectivity index (χ3v) is 5.47. The van der Waals surface area contributed by atoms with E-state index in [9.17, 15) is 27.2 Å². The van der Waals surface area contributed by atoms with Crippen LogP contribution >= 0.6 is 0 Å². The molecule has 1 aliphatic rings. The summed E-state index contributed by atoms with van der Waals surface area (Å²) in [6, 6.07) is 6.14. The first-order valence-electron chi connectivity index (χ1n) is 10.0. The second kappa shape index (κ2) is 9.54. The Bertz CT molecular complexity index is 969. The fraction of sp³-hybridized carbons (Fsp3) is 0.409. The first-order valence-corrected chi connectivity index (χ1v) is 10.0. The Labute approximate surface area is 182 Å². The molecule has 2 aromatic rings. The minimum atomic E-state index is -4.73. The van der Waals surface area contributed by atoms with Crippen molar-refractivity contribution in [2.24, 2.45) is 0 Å². The SMILES string of the molecule is COc1ccc(C[C@@]2(CCC(=O)N[C@H](c3ccccn3)C(F)(F)F)CCC(=O)N2)c(F)c1. The summed E-state index contributed by atoms with van der Waals surface area (Å²) >= 11 is 0. The van der Waals surface area contributed by atoms with Crippen LogP contribution in [0.2, 0.25) is 0 Å². The van der Waals surface area contributed by atoms with Gasteiger partial charge in [0.15, 0.2) is 6.04 Å². The van der Waals surface area contributed by atoms with E-state index in [-0.39, 0.29) is 37.3 Å². The lowest BCUT2D eigenvalue weighted by Gasteiger charge is -2.30. The summed E-state index contributed by atoms with van der Waals surface area (Å²) in [6.45, 7) is 0. The third-order valence-electron chi connectivity index (χ3n) is 5.47. The molecule has 0 aliphatic carbocycles. The predicted octanol–water partition coefficient (Wildman–Crippen LogP) is 3.62. The van der Waals surface area contributed by atoms with Crippen LogP contribution in [-0.2, 0) is 16.0 Å². The van der Waals surface area contributed by atoms with Gasteiger partial charge in [-0.15, -0.1) is 0 Å². The molecular weight excluding hydrogens is 430 g/mol. The summed E-state index contributed by atoms with van der Waals surface area (Å²) in [6.07, 6.45) is -3.10. The van der Waals surface area contributed by atoms with Crippen LogP contribution in [0.5, 0.6) is 5.75 Å². The van der Waals surface area contributed by atoms with Crippen LogP contribution in [-0.4, -0.2) is 35.6 Å². The Kier molecular flexibility index (Phi) is 7.00. The molecule has 0 unspecified atom stereocenters. The smallest absolute Gasteiger partial charge is 0.414 e. The summed E-state index contributed by atoms with van der Waals surface area (Å²) in [4.78, 5) is 28.0. The summed E-state index contributed by atoms with van der Waals surface area (Å²) < 4.78 is 59.8. The molecule has 0 radical (unpaired) electrons. The van der Waals surface area contributed by atoms with Crippen LogP contribution in [0.1, 0.15) is 43.0 Å². The number of aromatic nitrogens is 1. The highest BCUT2D eigenvalue weighted by molar-refractivity contribution is 5.80. The molecule has 1 aromatic heterocycles. The Balaban J connectivity index is 1.71. The Morgan fingerprint density at radius 3 is 2.66 bits per heavy atom. The first-order chi connectivity index (χ1) is 15.1. The maximum atomic E-state index is 14.4. The van der Waals surface area contributed by atoms with Crippen molar-refractivity contribution in [3.8, 4) is 5.75 Å². The lowest BCUT2D eigenvalue weighted by atomic mass is 9.84. The normalized spacial score (nSPS) is 19.3. The molecule has 2 N–H and O–H groups in total. The van der Waals surface area contributed by atoms with Crippen molar-refractivity contribution in [3.05, 3.63) is 59.7 Å². The fourth-order valence-electron chi connectivity index (χ4n) is 3.80. The zero-order valence-electron chi connectivity index (χ0n) is 17.3. The maximum Gasteiger partial charge on any atom is 0.414 e. The topological polar surface area (TPSA) is 80.3 Å². The van der Waals surface area contributed by atoms with Gasteiger partial charge in [0.05, 0.1) is 12.8 Å². The fourth-order valence-corrected chi connectivity index (χ4v) is 3.80. The number of nitrogens with zero attached hydrogens (tertiary/aromatic N) is 1. The molecule has 2 heterocycles. The van der Waals surface area contributed by atoms with Gasteiger partial charge in [0.25, 0.3) is 0 Å². The van der Waals surface area contributed by atoms with Crippen molar-refractivity contribution >= 4 is 11.8 Å². The number of amides is 2. The zero-order valence-corrected chi connectivity index (χ0v) is 17.3. The van der Waals surface area contributed by atoms with E-state index in [0.29, 0.717) is 17.7 Å². The molecule has 32 heavy (non-hydrogen) atoms. The monoisotopic (exact) mass is 453 g/mol. The van der Waals surface area contributed by atoms with E-state index >= 15 is 0 Å². The van der Waals surface area contributed by atoms with Crippen LogP contribution in [0.25, 0.3) is 0 Å². The number of alkyl halides is 3. The molecular formula is C22H23F4N3O3. The third kappa shape index (κ3) is 5.74.